The van der Waals surface area contributed by atoms with Crippen molar-refractivity contribution in [2.75, 3.05) is 33.9 Å². The molecule has 1 aliphatic carbocycles. The summed E-state index contributed by atoms with van der Waals surface area (Å²) in [6.07, 6.45) is 3.42. The quantitative estimate of drug-likeness (QED) is 0.791. The molecule has 6 nitrogen and oxygen atoms in total. The van der Waals surface area contributed by atoms with E-state index >= 15 is 0 Å². The van der Waals surface area contributed by atoms with Crippen LogP contribution in [-0.2, 0) is 6.42 Å². The van der Waals surface area contributed by atoms with Crippen LogP contribution in [0.2, 0.25) is 0 Å². The maximum absolute atomic E-state index is 9.66. The van der Waals surface area contributed by atoms with Gasteiger partial charge in [0.25, 0.3) is 5.88 Å². The number of rotatable bonds is 7. The summed E-state index contributed by atoms with van der Waals surface area (Å²) < 4.78 is 16.5. The average Bonchev–Trinajstić information content (AvgIpc) is 3.26. The summed E-state index contributed by atoms with van der Waals surface area (Å²) >= 11 is 0. The highest BCUT2D eigenvalue weighted by atomic mass is 16.5. The SMILES string of the molecule is COc1ccc(O[C@H]2C[C@@H]3CN(CCc4ccc(O)c(OC)n4)C[C@@H]3C2)cc1. The minimum Gasteiger partial charge on any atom is -0.503 e. The largest absolute Gasteiger partial charge is 0.503 e. The molecule has 1 aromatic carbocycles. The van der Waals surface area contributed by atoms with Gasteiger partial charge in [-0.3, -0.25) is 0 Å². The molecular formula is C22H28N2O4. The van der Waals surface area contributed by atoms with Gasteiger partial charge in [0, 0.05) is 31.7 Å². The summed E-state index contributed by atoms with van der Waals surface area (Å²) in [5.74, 6) is 3.59. The Labute approximate surface area is 166 Å². The molecular weight excluding hydrogens is 356 g/mol. The number of fused-ring (bicyclic) bond motifs is 1. The molecule has 2 aliphatic rings. The van der Waals surface area contributed by atoms with E-state index in [0.29, 0.717) is 23.8 Å². The van der Waals surface area contributed by atoms with E-state index in [-0.39, 0.29) is 5.75 Å². The van der Waals surface area contributed by atoms with Crippen LogP contribution in [0.1, 0.15) is 18.5 Å². The lowest BCUT2D eigenvalue weighted by Crippen LogP contribution is -2.26. The Morgan fingerprint density at radius 3 is 2.29 bits per heavy atom. The Kier molecular flexibility index (Phi) is 5.57. The molecule has 0 spiro atoms. The molecule has 0 radical (unpaired) electrons. The van der Waals surface area contributed by atoms with E-state index in [4.69, 9.17) is 14.2 Å². The number of aromatic hydroxyl groups is 1. The molecule has 0 amide bonds. The number of hydrogen-bond donors (Lipinski definition) is 1. The zero-order valence-corrected chi connectivity index (χ0v) is 16.5. The molecule has 2 aromatic rings. The van der Waals surface area contributed by atoms with Crippen molar-refractivity contribution in [3.8, 4) is 23.1 Å². The summed E-state index contributed by atoms with van der Waals surface area (Å²) in [7, 11) is 3.20. The van der Waals surface area contributed by atoms with Crippen molar-refractivity contribution in [2.45, 2.75) is 25.4 Å². The van der Waals surface area contributed by atoms with E-state index < -0.39 is 0 Å². The first-order chi connectivity index (χ1) is 13.6. The second kappa shape index (κ2) is 8.27. The number of methoxy groups -OCH3 is 2. The molecule has 28 heavy (non-hydrogen) atoms. The summed E-state index contributed by atoms with van der Waals surface area (Å²) in [6.45, 7) is 3.24. The Balaban J connectivity index is 1.25. The standard InChI is InChI=1S/C22H28N2O4/c1-26-18-4-6-19(7-5-18)28-20-11-15-13-24(14-16(15)12-20)10-9-17-3-8-21(25)22(23-17)27-2/h3-8,15-16,20,25H,9-14H2,1-2H3/t15-,16+,20+. The van der Waals surface area contributed by atoms with Crippen LogP contribution in [0.5, 0.6) is 23.1 Å². The number of nitrogens with zero attached hydrogens (tertiary/aromatic N) is 2. The van der Waals surface area contributed by atoms with Crippen molar-refractivity contribution in [1.29, 1.82) is 0 Å². The molecule has 0 bridgehead atoms. The molecule has 0 unspecified atom stereocenters. The number of hydrogen-bond acceptors (Lipinski definition) is 6. The van der Waals surface area contributed by atoms with E-state index in [1.54, 1.807) is 13.2 Å². The first kappa shape index (κ1) is 18.9. The average molecular weight is 384 g/mol. The Bertz CT molecular complexity index is 782. The third-order valence-electron chi connectivity index (χ3n) is 5.92. The van der Waals surface area contributed by atoms with E-state index in [0.717, 1.165) is 56.1 Å². The van der Waals surface area contributed by atoms with E-state index in [2.05, 4.69) is 9.88 Å². The van der Waals surface area contributed by atoms with Crippen molar-refractivity contribution in [2.24, 2.45) is 11.8 Å². The fourth-order valence-corrected chi connectivity index (χ4v) is 4.50. The van der Waals surface area contributed by atoms with Crippen molar-refractivity contribution in [3.63, 3.8) is 0 Å². The molecule has 6 heteroatoms. The van der Waals surface area contributed by atoms with Crippen LogP contribution < -0.4 is 14.2 Å². The molecule has 1 saturated carbocycles. The number of benzene rings is 1. The maximum Gasteiger partial charge on any atom is 0.256 e. The van der Waals surface area contributed by atoms with Crippen LogP contribution in [0, 0.1) is 11.8 Å². The second-order valence-corrected chi connectivity index (χ2v) is 7.75. The van der Waals surface area contributed by atoms with Crippen molar-refractivity contribution in [1.82, 2.24) is 9.88 Å². The van der Waals surface area contributed by atoms with Gasteiger partial charge >= 0.3 is 0 Å². The smallest absolute Gasteiger partial charge is 0.256 e. The lowest BCUT2D eigenvalue weighted by molar-refractivity contribution is 0.185. The summed E-state index contributed by atoms with van der Waals surface area (Å²) in [5.41, 5.74) is 0.951. The van der Waals surface area contributed by atoms with E-state index in [1.165, 1.54) is 7.11 Å². The van der Waals surface area contributed by atoms with Crippen LogP contribution in [0.25, 0.3) is 0 Å². The van der Waals surface area contributed by atoms with Crippen molar-refractivity contribution >= 4 is 0 Å². The molecule has 3 atom stereocenters. The van der Waals surface area contributed by atoms with Crippen molar-refractivity contribution in [3.05, 3.63) is 42.1 Å². The highest BCUT2D eigenvalue weighted by molar-refractivity contribution is 5.33. The van der Waals surface area contributed by atoms with Gasteiger partial charge in [0.2, 0.25) is 0 Å². The highest BCUT2D eigenvalue weighted by Crippen LogP contribution is 2.40. The Hall–Kier alpha value is -2.47. The second-order valence-electron chi connectivity index (χ2n) is 7.75. The summed E-state index contributed by atoms with van der Waals surface area (Å²) in [4.78, 5) is 6.90. The molecule has 2 heterocycles. The maximum atomic E-state index is 9.66. The minimum atomic E-state index is 0.0878. The zero-order chi connectivity index (χ0) is 19.5. The lowest BCUT2D eigenvalue weighted by atomic mass is 10.0. The molecule has 1 aliphatic heterocycles. The van der Waals surface area contributed by atoms with Gasteiger partial charge in [-0.1, -0.05) is 0 Å². The van der Waals surface area contributed by atoms with Gasteiger partial charge < -0.3 is 24.2 Å². The number of aromatic nitrogens is 1. The van der Waals surface area contributed by atoms with Crippen LogP contribution in [0.15, 0.2) is 36.4 Å². The van der Waals surface area contributed by atoms with E-state index in [1.807, 2.05) is 30.3 Å². The van der Waals surface area contributed by atoms with Gasteiger partial charge in [0.1, 0.15) is 11.5 Å². The van der Waals surface area contributed by atoms with Crippen molar-refractivity contribution < 1.29 is 19.3 Å². The Morgan fingerprint density at radius 1 is 0.964 bits per heavy atom. The van der Waals surface area contributed by atoms with E-state index in [9.17, 15) is 5.11 Å². The van der Waals surface area contributed by atoms with Gasteiger partial charge in [-0.05, 0) is 61.1 Å². The first-order valence-electron chi connectivity index (χ1n) is 9.90. The van der Waals surface area contributed by atoms with Crippen LogP contribution in [0.3, 0.4) is 0 Å². The number of pyridine rings is 1. The molecule has 4 rings (SSSR count). The fraction of sp³-hybridized carbons (Fsp3) is 0.500. The predicted octanol–water partition coefficient (Wildman–Crippen LogP) is 3.14. The van der Waals surface area contributed by atoms with Gasteiger partial charge in [0.15, 0.2) is 5.75 Å². The zero-order valence-electron chi connectivity index (χ0n) is 16.5. The van der Waals surface area contributed by atoms with Crippen LogP contribution >= 0.6 is 0 Å². The van der Waals surface area contributed by atoms with Gasteiger partial charge in [-0.15, -0.1) is 0 Å². The minimum absolute atomic E-state index is 0.0878. The van der Waals surface area contributed by atoms with Crippen LogP contribution in [-0.4, -0.2) is 54.9 Å². The molecule has 1 N–H and O–H groups in total. The molecule has 2 fully saturated rings. The van der Waals surface area contributed by atoms with Gasteiger partial charge in [0.05, 0.1) is 20.3 Å². The third-order valence-corrected chi connectivity index (χ3v) is 5.92. The lowest BCUT2D eigenvalue weighted by Gasteiger charge is -2.20. The predicted molar refractivity (Wildman–Crippen MR) is 106 cm³/mol. The molecule has 1 saturated heterocycles. The molecule has 150 valence electrons. The third kappa shape index (κ3) is 4.17. The van der Waals surface area contributed by atoms with Gasteiger partial charge in [-0.2, -0.15) is 0 Å². The normalized spacial score (nSPS) is 24.1. The number of likely N-dealkylation sites (tertiary alicyclic amines) is 1. The Morgan fingerprint density at radius 2 is 1.64 bits per heavy atom. The molecule has 1 aromatic heterocycles. The van der Waals surface area contributed by atoms with Gasteiger partial charge in [-0.25, -0.2) is 4.98 Å². The topological polar surface area (TPSA) is 64.1 Å². The monoisotopic (exact) mass is 384 g/mol. The highest BCUT2D eigenvalue weighted by Gasteiger charge is 2.41. The van der Waals surface area contributed by atoms with Crippen LogP contribution in [0.4, 0.5) is 0 Å². The summed E-state index contributed by atoms with van der Waals surface area (Å²) in [6, 6.07) is 11.4. The summed E-state index contributed by atoms with van der Waals surface area (Å²) in [5, 5.41) is 9.66. The fourth-order valence-electron chi connectivity index (χ4n) is 4.50. The first-order valence-corrected chi connectivity index (χ1v) is 9.90. The number of ether oxygens (including phenoxy) is 3.